The first-order valence-electron chi connectivity index (χ1n) is 8.23. The third kappa shape index (κ3) is 3.62. The molecule has 0 aliphatic carbocycles. The van der Waals surface area contributed by atoms with Gasteiger partial charge in [0.1, 0.15) is 6.07 Å². The van der Waals surface area contributed by atoms with E-state index in [0.717, 1.165) is 38.8 Å². The van der Waals surface area contributed by atoms with Gasteiger partial charge in [-0.25, -0.2) is 0 Å². The highest BCUT2D eigenvalue weighted by Gasteiger charge is 2.11. The lowest BCUT2D eigenvalue weighted by Crippen LogP contribution is -2.04. The highest BCUT2D eigenvalue weighted by atomic mass is 16.5. The molecule has 3 rings (SSSR count). The SMILES string of the molecule is COCc1cccc(CNc2c(C#N)cnc3c(C)cc(C)cc23)c1. The number of nitrogens with one attached hydrogen (secondary N) is 1. The van der Waals surface area contributed by atoms with Crippen LogP contribution >= 0.6 is 0 Å². The van der Waals surface area contributed by atoms with Crippen molar-refractivity contribution in [2.75, 3.05) is 12.4 Å². The van der Waals surface area contributed by atoms with Crippen LogP contribution in [-0.4, -0.2) is 12.1 Å². The van der Waals surface area contributed by atoms with E-state index in [-0.39, 0.29) is 0 Å². The molecule has 126 valence electrons. The summed E-state index contributed by atoms with van der Waals surface area (Å²) in [5.41, 5.74) is 6.89. The van der Waals surface area contributed by atoms with E-state index in [1.54, 1.807) is 13.3 Å². The zero-order chi connectivity index (χ0) is 17.8. The standard InChI is InChI=1S/C21H21N3O/c1-14-7-15(2)20-19(8-14)21(18(10-22)12-24-20)23-11-16-5-4-6-17(9-16)13-25-3/h4-9,12H,11,13H2,1-3H3,(H,23,24). The molecule has 0 unspecified atom stereocenters. The van der Waals surface area contributed by atoms with E-state index in [0.29, 0.717) is 18.7 Å². The van der Waals surface area contributed by atoms with Crippen LogP contribution < -0.4 is 5.32 Å². The highest BCUT2D eigenvalue weighted by Crippen LogP contribution is 2.29. The van der Waals surface area contributed by atoms with Crippen LogP contribution in [0.2, 0.25) is 0 Å². The van der Waals surface area contributed by atoms with Crippen molar-refractivity contribution in [2.24, 2.45) is 0 Å². The molecule has 0 saturated heterocycles. The van der Waals surface area contributed by atoms with Crippen molar-refractivity contribution in [2.45, 2.75) is 27.0 Å². The second-order valence-electron chi connectivity index (χ2n) is 6.24. The first-order valence-corrected chi connectivity index (χ1v) is 8.23. The summed E-state index contributed by atoms with van der Waals surface area (Å²) in [7, 11) is 1.69. The second-order valence-corrected chi connectivity index (χ2v) is 6.24. The second kappa shape index (κ2) is 7.33. The maximum atomic E-state index is 9.48. The predicted molar refractivity (Wildman–Crippen MR) is 100 cm³/mol. The Morgan fingerprint density at radius 2 is 1.96 bits per heavy atom. The third-order valence-electron chi connectivity index (χ3n) is 4.20. The summed E-state index contributed by atoms with van der Waals surface area (Å²) < 4.78 is 5.19. The molecular formula is C21H21N3O. The number of aromatic nitrogens is 1. The summed E-state index contributed by atoms with van der Waals surface area (Å²) in [6, 6.07) is 14.7. The number of pyridine rings is 1. The van der Waals surface area contributed by atoms with Gasteiger partial charge in [0.15, 0.2) is 0 Å². The first kappa shape index (κ1) is 16.9. The predicted octanol–water partition coefficient (Wildman–Crippen LogP) is 4.48. The molecule has 0 amide bonds. The molecule has 1 heterocycles. The number of benzene rings is 2. The smallest absolute Gasteiger partial charge is 0.103 e. The Kier molecular flexibility index (Phi) is 4.97. The van der Waals surface area contributed by atoms with Crippen LogP contribution in [0.5, 0.6) is 0 Å². The molecule has 4 nitrogen and oxygen atoms in total. The lowest BCUT2D eigenvalue weighted by atomic mass is 10.0. The molecule has 25 heavy (non-hydrogen) atoms. The van der Waals surface area contributed by atoms with Gasteiger partial charge in [0.05, 0.1) is 23.4 Å². The third-order valence-corrected chi connectivity index (χ3v) is 4.20. The zero-order valence-corrected chi connectivity index (χ0v) is 14.8. The van der Waals surface area contributed by atoms with Crippen molar-refractivity contribution in [3.63, 3.8) is 0 Å². The Morgan fingerprint density at radius 1 is 1.16 bits per heavy atom. The fourth-order valence-corrected chi connectivity index (χ4v) is 3.12. The number of aryl methyl sites for hydroxylation is 2. The fraction of sp³-hybridized carbons (Fsp3) is 0.238. The van der Waals surface area contributed by atoms with Crippen LogP contribution in [-0.2, 0) is 17.9 Å². The molecule has 4 heteroatoms. The average molecular weight is 331 g/mol. The summed E-state index contributed by atoms with van der Waals surface area (Å²) in [6.45, 7) is 5.34. The van der Waals surface area contributed by atoms with Gasteiger partial charge >= 0.3 is 0 Å². The quantitative estimate of drug-likeness (QED) is 0.749. The summed E-state index contributed by atoms with van der Waals surface area (Å²) in [6.07, 6.45) is 1.65. The Hall–Kier alpha value is -2.90. The molecule has 1 N–H and O–H groups in total. The van der Waals surface area contributed by atoms with Crippen molar-refractivity contribution in [3.05, 3.63) is 70.4 Å². The summed E-state index contributed by atoms with van der Waals surface area (Å²) >= 11 is 0. The van der Waals surface area contributed by atoms with Gasteiger partial charge in [-0.1, -0.05) is 35.9 Å². The van der Waals surface area contributed by atoms with Gasteiger partial charge in [-0.2, -0.15) is 5.26 Å². The molecule has 0 bridgehead atoms. The van der Waals surface area contributed by atoms with E-state index in [1.165, 1.54) is 0 Å². The van der Waals surface area contributed by atoms with Crippen LogP contribution in [0.3, 0.4) is 0 Å². The number of methoxy groups -OCH3 is 1. The maximum Gasteiger partial charge on any atom is 0.103 e. The van der Waals surface area contributed by atoms with Gasteiger partial charge in [-0.15, -0.1) is 0 Å². The summed E-state index contributed by atoms with van der Waals surface area (Å²) in [4.78, 5) is 4.47. The van der Waals surface area contributed by atoms with E-state index in [9.17, 15) is 5.26 Å². The van der Waals surface area contributed by atoms with Crippen molar-refractivity contribution in [3.8, 4) is 6.07 Å². The van der Waals surface area contributed by atoms with E-state index < -0.39 is 0 Å². The number of hydrogen-bond acceptors (Lipinski definition) is 4. The number of rotatable bonds is 5. The van der Waals surface area contributed by atoms with E-state index in [2.05, 4.69) is 47.6 Å². The molecule has 0 fully saturated rings. The fourth-order valence-electron chi connectivity index (χ4n) is 3.12. The molecule has 1 aromatic heterocycles. The molecule has 3 aromatic rings. The van der Waals surface area contributed by atoms with Gasteiger partial charge < -0.3 is 10.1 Å². The zero-order valence-electron chi connectivity index (χ0n) is 14.8. The monoisotopic (exact) mass is 331 g/mol. The van der Waals surface area contributed by atoms with Gasteiger partial charge in [0.25, 0.3) is 0 Å². The Labute approximate surface area is 148 Å². The van der Waals surface area contributed by atoms with Crippen molar-refractivity contribution < 1.29 is 4.74 Å². The van der Waals surface area contributed by atoms with E-state index in [1.807, 2.05) is 19.1 Å². The maximum absolute atomic E-state index is 9.48. The Morgan fingerprint density at radius 3 is 2.72 bits per heavy atom. The highest BCUT2D eigenvalue weighted by molar-refractivity contribution is 5.96. The average Bonchev–Trinajstić information content (AvgIpc) is 2.60. The number of nitriles is 1. The number of hydrogen-bond donors (Lipinski definition) is 1. The van der Waals surface area contributed by atoms with E-state index in [4.69, 9.17) is 4.74 Å². The van der Waals surface area contributed by atoms with Gasteiger partial charge in [-0.3, -0.25) is 4.98 Å². The molecular weight excluding hydrogens is 310 g/mol. The molecule has 0 spiro atoms. The van der Waals surface area contributed by atoms with Crippen LogP contribution in [0.25, 0.3) is 10.9 Å². The number of ether oxygens (including phenoxy) is 1. The van der Waals surface area contributed by atoms with Crippen LogP contribution in [0.1, 0.15) is 27.8 Å². The molecule has 0 aliphatic rings. The number of nitrogens with zero attached hydrogens (tertiary/aromatic N) is 2. The van der Waals surface area contributed by atoms with Crippen molar-refractivity contribution >= 4 is 16.6 Å². The van der Waals surface area contributed by atoms with Crippen molar-refractivity contribution in [1.82, 2.24) is 4.98 Å². The molecule has 0 aliphatic heterocycles. The lowest BCUT2D eigenvalue weighted by Gasteiger charge is -2.14. The minimum Gasteiger partial charge on any atom is -0.380 e. The van der Waals surface area contributed by atoms with E-state index >= 15 is 0 Å². The Balaban J connectivity index is 1.98. The lowest BCUT2D eigenvalue weighted by molar-refractivity contribution is 0.185. The van der Waals surface area contributed by atoms with Gasteiger partial charge in [-0.05, 0) is 36.6 Å². The molecule has 0 radical (unpaired) electrons. The minimum absolute atomic E-state index is 0.561. The topological polar surface area (TPSA) is 57.9 Å². The summed E-state index contributed by atoms with van der Waals surface area (Å²) in [5.74, 6) is 0. The normalized spacial score (nSPS) is 10.6. The number of fused-ring (bicyclic) bond motifs is 1. The number of anilines is 1. The van der Waals surface area contributed by atoms with Crippen LogP contribution in [0.4, 0.5) is 5.69 Å². The molecule has 0 saturated carbocycles. The molecule has 0 atom stereocenters. The van der Waals surface area contributed by atoms with Gasteiger partial charge in [0.2, 0.25) is 0 Å². The first-order chi connectivity index (χ1) is 12.1. The largest absolute Gasteiger partial charge is 0.380 e. The van der Waals surface area contributed by atoms with Crippen LogP contribution in [0, 0.1) is 25.2 Å². The minimum atomic E-state index is 0.561. The van der Waals surface area contributed by atoms with Crippen LogP contribution in [0.15, 0.2) is 42.6 Å². The van der Waals surface area contributed by atoms with Gasteiger partial charge in [0, 0.05) is 25.2 Å². The van der Waals surface area contributed by atoms with Crippen molar-refractivity contribution in [1.29, 1.82) is 5.26 Å². The molecule has 2 aromatic carbocycles. The Bertz CT molecular complexity index is 957. The summed E-state index contributed by atoms with van der Waals surface area (Å²) in [5, 5.41) is 13.9.